The maximum Gasteiger partial charge on any atom is 0.303 e. The van der Waals surface area contributed by atoms with E-state index >= 15 is 0 Å². The number of rotatable bonds is 5. The highest BCUT2D eigenvalue weighted by molar-refractivity contribution is 5.67. The number of aryl methyl sites for hydroxylation is 1. The van der Waals surface area contributed by atoms with Crippen LogP contribution in [0.2, 0.25) is 0 Å². The third kappa shape index (κ3) is 2.38. The van der Waals surface area contributed by atoms with Crippen molar-refractivity contribution in [2.45, 2.75) is 26.4 Å². The molecule has 1 aromatic rings. The summed E-state index contributed by atoms with van der Waals surface area (Å²) in [5.41, 5.74) is 0. The Hall–Kier alpha value is -1.43. The van der Waals surface area contributed by atoms with Gasteiger partial charge in [-0.2, -0.15) is 5.10 Å². The summed E-state index contributed by atoms with van der Waals surface area (Å²) < 4.78 is 1.87. The predicted molar refractivity (Wildman–Crippen MR) is 56.7 cm³/mol. The van der Waals surface area contributed by atoms with E-state index in [0.717, 1.165) is 32.0 Å². The average Bonchev–Trinajstić information content (AvgIpc) is 2.61. The summed E-state index contributed by atoms with van der Waals surface area (Å²) in [5, 5.41) is 12.7. The number of hydrogen-bond donors (Lipinski definition) is 1. The smallest absolute Gasteiger partial charge is 0.303 e. The van der Waals surface area contributed by atoms with E-state index in [0.29, 0.717) is 5.92 Å². The van der Waals surface area contributed by atoms with Gasteiger partial charge in [0.1, 0.15) is 12.2 Å². The maximum absolute atomic E-state index is 10.5. The first kappa shape index (κ1) is 11.1. The molecule has 0 radical (unpaired) electrons. The van der Waals surface area contributed by atoms with Crippen LogP contribution in [0, 0.1) is 5.92 Å². The molecule has 1 fully saturated rings. The van der Waals surface area contributed by atoms with Crippen molar-refractivity contribution in [3.05, 3.63) is 12.2 Å². The molecule has 0 aromatic carbocycles. The number of aromatic nitrogens is 3. The third-order valence-corrected chi connectivity index (χ3v) is 2.86. The molecular formula is C10H16N4O2. The van der Waals surface area contributed by atoms with Gasteiger partial charge in [-0.3, -0.25) is 9.69 Å². The first-order valence-corrected chi connectivity index (χ1v) is 5.50. The first-order chi connectivity index (χ1) is 7.69. The Balaban J connectivity index is 1.79. The van der Waals surface area contributed by atoms with Crippen LogP contribution in [0.5, 0.6) is 0 Å². The van der Waals surface area contributed by atoms with E-state index in [2.05, 4.69) is 15.0 Å². The average molecular weight is 224 g/mol. The number of carboxylic acids is 1. The van der Waals surface area contributed by atoms with Crippen molar-refractivity contribution in [3.8, 4) is 0 Å². The molecule has 0 amide bonds. The second-order valence-corrected chi connectivity index (χ2v) is 4.15. The van der Waals surface area contributed by atoms with Crippen LogP contribution < -0.4 is 0 Å². The molecule has 88 valence electrons. The number of nitrogens with zero attached hydrogens (tertiary/aromatic N) is 4. The van der Waals surface area contributed by atoms with Crippen molar-refractivity contribution in [3.63, 3.8) is 0 Å². The van der Waals surface area contributed by atoms with E-state index in [1.807, 2.05) is 11.6 Å². The van der Waals surface area contributed by atoms with Gasteiger partial charge < -0.3 is 5.11 Å². The lowest BCUT2D eigenvalue weighted by atomic mass is 9.96. The fourth-order valence-corrected chi connectivity index (χ4v) is 2.06. The summed E-state index contributed by atoms with van der Waals surface area (Å²) in [6.45, 7) is 5.32. The van der Waals surface area contributed by atoms with Gasteiger partial charge in [0.15, 0.2) is 0 Å². The van der Waals surface area contributed by atoms with Gasteiger partial charge in [0.2, 0.25) is 0 Å². The lowest BCUT2D eigenvalue weighted by Crippen LogP contribution is -2.47. The van der Waals surface area contributed by atoms with E-state index in [-0.39, 0.29) is 6.42 Å². The number of carboxylic acid groups (broad SMARTS) is 1. The maximum atomic E-state index is 10.5. The quantitative estimate of drug-likeness (QED) is 0.773. The number of hydrogen-bond acceptors (Lipinski definition) is 4. The lowest BCUT2D eigenvalue weighted by Gasteiger charge is -2.38. The van der Waals surface area contributed by atoms with Crippen LogP contribution in [0.15, 0.2) is 6.33 Å². The highest BCUT2D eigenvalue weighted by atomic mass is 16.4. The molecule has 6 nitrogen and oxygen atoms in total. The molecule has 2 rings (SSSR count). The van der Waals surface area contributed by atoms with Crippen molar-refractivity contribution in [1.29, 1.82) is 0 Å². The summed E-state index contributed by atoms with van der Waals surface area (Å²) in [5.74, 6) is 0.549. The number of likely N-dealkylation sites (tertiary alicyclic amines) is 1. The molecule has 2 heterocycles. The Bertz CT molecular complexity index is 371. The largest absolute Gasteiger partial charge is 0.481 e. The normalized spacial score (nSPS) is 17.3. The zero-order valence-corrected chi connectivity index (χ0v) is 9.33. The van der Waals surface area contributed by atoms with Gasteiger partial charge in [-0.15, -0.1) is 0 Å². The van der Waals surface area contributed by atoms with Crippen molar-refractivity contribution < 1.29 is 9.90 Å². The van der Waals surface area contributed by atoms with Gasteiger partial charge in [-0.05, 0) is 12.8 Å². The summed E-state index contributed by atoms with van der Waals surface area (Å²) in [6, 6.07) is 0. The SMILES string of the molecule is CCn1ncnc1CN1CC(CC(=O)O)C1. The third-order valence-electron chi connectivity index (χ3n) is 2.86. The summed E-state index contributed by atoms with van der Waals surface area (Å²) in [4.78, 5) is 16.9. The molecule has 0 spiro atoms. The summed E-state index contributed by atoms with van der Waals surface area (Å²) in [6.07, 6.45) is 1.84. The standard InChI is InChI=1S/C10H16N4O2/c1-2-14-9(11-7-12-14)6-13-4-8(5-13)3-10(15)16/h7-8H,2-6H2,1H3,(H,15,16). The fraction of sp³-hybridized carbons (Fsp3) is 0.700. The van der Waals surface area contributed by atoms with Crippen LogP contribution in [-0.4, -0.2) is 43.8 Å². The molecular weight excluding hydrogens is 208 g/mol. The van der Waals surface area contributed by atoms with Crippen molar-refractivity contribution in [2.24, 2.45) is 5.92 Å². The Morgan fingerprint density at radius 2 is 2.38 bits per heavy atom. The van der Waals surface area contributed by atoms with E-state index in [4.69, 9.17) is 5.11 Å². The Morgan fingerprint density at radius 1 is 1.62 bits per heavy atom. The predicted octanol–water partition coefficient (Wildman–Crippen LogP) is 0.204. The van der Waals surface area contributed by atoms with E-state index in [1.54, 1.807) is 6.33 Å². The van der Waals surface area contributed by atoms with E-state index in [9.17, 15) is 4.79 Å². The van der Waals surface area contributed by atoms with Gasteiger partial charge >= 0.3 is 5.97 Å². The molecule has 1 saturated heterocycles. The molecule has 1 aliphatic heterocycles. The highest BCUT2D eigenvalue weighted by Gasteiger charge is 2.29. The minimum absolute atomic E-state index is 0.275. The molecule has 1 N–H and O–H groups in total. The Labute approximate surface area is 93.9 Å². The molecule has 0 aliphatic carbocycles. The molecule has 1 aliphatic rings. The molecule has 0 saturated carbocycles. The number of carbonyl (C=O) groups is 1. The van der Waals surface area contributed by atoms with Crippen LogP contribution >= 0.6 is 0 Å². The molecule has 0 unspecified atom stereocenters. The van der Waals surface area contributed by atoms with Crippen molar-refractivity contribution in [2.75, 3.05) is 13.1 Å². The highest BCUT2D eigenvalue weighted by Crippen LogP contribution is 2.20. The summed E-state index contributed by atoms with van der Waals surface area (Å²) in [7, 11) is 0. The van der Waals surface area contributed by atoms with Crippen molar-refractivity contribution in [1.82, 2.24) is 19.7 Å². The Morgan fingerprint density at radius 3 is 3.00 bits per heavy atom. The molecule has 0 atom stereocenters. The molecule has 0 bridgehead atoms. The van der Waals surface area contributed by atoms with E-state index < -0.39 is 5.97 Å². The molecule has 6 heteroatoms. The van der Waals surface area contributed by atoms with Crippen LogP contribution in [0.4, 0.5) is 0 Å². The Kier molecular flexibility index (Phi) is 3.19. The van der Waals surface area contributed by atoms with Crippen LogP contribution in [0.1, 0.15) is 19.2 Å². The lowest BCUT2D eigenvalue weighted by molar-refractivity contribution is -0.139. The zero-order valence-electron chi connectivity index (χ0n) is 9.33. The topological polar surface area (TPSA) is 71.2 Å². The minimum Gasteiger partial charge on any atom is -0.481 e. The molecule has 1 aromatic heterocycles. The fourth-order valence-electron chi connectivity index (χ4n) is 2.06. The van der Waals surface area contributed by atoms with Gasteiger partial charge in [0, 0.05) is 19.6 Å². The number of aliphatic carboxylic acids is 1. The second-order valence-electron chi connectivity index (χ2n) is 4.15. The van der Waals surface area contributed by atoms with Crippen molar-refractivity contribution >= 4 is 5.97 Å². The zero-order chi connectivity index (χ0) is 11.5. The van der Waals surface area contributed by atoms with Gasteiger partial charge in [0.25, 0.3) is 0 Å². The molecule has 16 heavy (non-hydrogen) atoms. The second kappa shape index (κ2) is 4.61. The first-order valence-electron chi connectivity index (χ1n) is 5.50. The monoisotopic (exact) mass is 224 g/mol. The van der Waals surface area contributed by atoms with Gasteiger partial charge in [0.05, 0.1) is 13.0 Å². The summed E-state index contributed by atoms with van der Waals surface area (Å²) >= 11 is 0. The van der Waals surface area contributed by atoms with Crippen LogP contribution in [0.3, 0.4) is 0 Å². The van der Waals surface area contributed by atoms with Gasteiger partial charge in [-0.1, -0.05) is 0 Å². The van der Waals surface area contributed by atoms with Gasteiger partial charge in [-0.25, -0.2) is 9.67 Å². The van der Waals surface area contributed by atoms with Crippen LogP contribution in [-0.2, 0) is 17.9 Å². The minimum atomic E-state index is -0.707. The van der Waals surface area contributed by atoms with E-state index in [1.165, 1.54) is 0 Å². The van der Waals surface area contributed by atoms with Crippen LogP contribution in [0.25, 0.3) is 0 Å².